The van der Waals surface area contributed by atoms with Crippen molar-refractivity contribution in [2.75, 3.05) is 0 Å². The molecule has 0 saturated carbocycles. The van der Waals surface area contributed by atoms with Crippen molar-refractivity contribution in [3.63, 3.8) is 0 Å². The molecule has 0 aliphatic carbocycles. The van der Waals surface area contributed by atoms with E-state index in [-0.39, 0.29) is 22.3 Å². The summed E-state index contributed by atoms with van der Waals surface area (Å²) in [6.07, 6.45) is 0. The highest BCUT2D eigenvalue weighted by Gasteiger charge is 2.21. The van der Waals surface area contributed by atoms with Crippen molar-refractivity contribution in [2.24, 2.45) is 0 Å². The van der Waals surface area contributed by atoms with Gasteiger partial charge in [-0.05, 0) is 6.07 Å². The van der Waals surface area contributed by atoms with Crippen LogP contribution in [0.1, 0.15) is 5.69 Å². The van der Waals surface area contributed by atoms with Crippen molar-refractivity contribution in [1.82, 2.24) is 0 Å². The van der Waals surface area contributed by atoms with Crippen LogP contribution in [0, 0.1) is 26.7 Å². The van der Waals surface area contributed by atoms with E-state index in [0.29, 0.717) is 4.73 Å². The number of fused-ring (bicyclic) bond motifs is 1. The summed E-state index contributed by atoms with van der Waals surface area (Å²) in [7, 11) is 0. The molecule has 0 bridgehead atoms. The van der Waals surface area contributed by atoms with Gasteiger partial charge >= 0.3 is 5.69 Å². The molecule has 78 valence electrons. The molecule has 6 heteroatoms. The van der Waals surface area contributed by atoms with E-state index in [1.165, 1.54) is 12.1 Å². The lowest BCUT2D eigenvalue weighted by atomic mass is 10.1. The summed E-state index contributed by atoms with van der Waals surface area (Å²) in [6, 6.07) is 8.71. The van der Waals surface area contributed by atoms with Gasteiger partial charge in [0.25, 0.3) is 5.69 Å². The van der Waals surface area contributed by atoms with Gasteiger partial charge < -0.3 is 5.21 Å². The first kappa shape index (κ1) is 9.86. The van der Waals surface area contributed by atoms with Gasteiger partial charge in [0.1, 0.15) is 11.5 Å². The molecule has 0 N–H and O–H groups in total. The van der Waals surface area contributed by atoms with Crippen LogP contribution < -0.4 is 4.73 Å². The molecule has 0 aliphatic rings. The Morgan fingerprint density at radius 3 is 2.69 bits per heavy atom. The lowest BCUT2D eigenvalue weighted by Crippen LogP contribution is -2.31. The lowest BCUT2D eigenvalue weighted by Gasteiger charge is -2.03. The first-order chi connectivity index (χ1) is 7.65. The molecule has 1 heterocycles. The molecule has 2 rings (SSSR count). The fourth-order valence-corrected chi connectivity index (χ4v) is 1.49. The predicted molar refractivity (Wildman–Crippen MR) is 54.3 cm³/mol. The van der Waals surface area contributed by atoms with Gasteiger partial charge in [-0.25, -0.2) is 0 Å². The smallest absolute Gasteiger partial charge is 0.302 e. The molecule has 0 amide bonds. The van der Waals surface area contributed by atoms with Gasteiger partial charge in [-0.3, -0.25) is 10.1 Å². The third kappa shape index (κ3) is 1.31. The zero-order chi connectivity index (χ0) is 11.7. The molecule has 2 aromatic rings. The first-order valence-corrected chi connectivity index (χ1v) is 4.35. The highest BCUT2D eigenvalue weighted by molar-refractivity contribution is 5.85. The third-order valence-corrected chi connectivity index (χ3v) is 2.20. The summed E-state index contributed by atoms with van der Waals surface area (Å²) >= 11 is 0. The molecule has 0 unspecified atom stereocenters. The second kappa shape index (κ2) is 3.47. The predicted octanol–water partition coefficient (Wildman–Crippen LogP) is 1.25. The SMILES string of the molecule is N#Cc1cc([N+](=O)[O-])c2ccccc2[n+]1[O-]. The molecule has 16 heavy (non-hydrogen) atoms. The van der Waals surface area contributed by atoms with Gasteiger partial charge in [0.15, 0.2) is 6.07 Å². The number of nitriles is 1. The van der Waals surface area contributed by atoms with Crippen LogP contribution in [0.5, 0.6) is 0 Å². The summed E-state index contributed by atoms with van der Waals surface area (Å²) in [5, 5.41) is 31.3. The topological polar surface area (TPSA) is 93.9 Å². The average molecular weight is 215 g/mol. The van der Waals surface area contributed by atoms with Crippen LogP contribution in [0.3, 0.4) is 0 Å². The van der Waals surface area contributed by atoms with E-state index in [1.807, 2.05) is 0 Å². The van der Waals surface area contributed by atoms with Crippen molar-refractivity contribution in [2.45, 2.75) is 0 Å². The van der Waals surface area contributed by atoms with E-state index < -0.39 is 4.92 Å². The molecule has 1 aromatic carbocycles. The van der Waals surface area contributed by atoms with E-state index in [9.17, 15) is 15.3 Å². The van der Waals surface area contributed by atoms with E-state index >= 15 is 0 Å². The average Bonchev–Trinajstić information content (AvgIpc) is 2.29. The highest BCUT2D eigenvalue weighted by Crippen LogP contribution is 2.23. The Bertz CT molecular complexity index is 631. The second-order valence-electron chi connectivity index (χ2n) is 3.10. The van der Waals surface area contributed by atoms with Gasteiger partial charge in [0.2, 0.25) is 5.52 Å². The van der Waals surface area contributed by atoms with E-state index in [1.54, 1.807) is 18.2 Å². The Kier molecular flexibility index (Phi) is 2.14. The van der Waals surface area contributed by atoms with Crippen molar-refractivity contribution in [3.8, 4) is 6.07 Å². The van der Waals surface area contributed by atoms with Gasteiger partial charge in [0, 0.05) is 6.07 Å². The Morgan fingerprint density at radius 2 is 2.06 bits per heavy atom. The van der Waals surface area contributed by atoms with Gasteiger partial charge in [-0.2, -0.15) is 9.99 Å². The minimum absolute atomic E-state index is 0.119. The van der Waals surface area contributed by atoms with E-state index in [4.69, 9.17) is 5.26 Å². The lowest BCUT2D eigenvalue weighted by molar-refractivity contribution is -0.580. The summed E-state index contributed by atoms with van der Waals surface area (Å²) in [4.78, 5) is 10.2. The molecule has 0 atom stereocenters. The quantitative estimate of drug-likeness (QED) is 0.309. The van der Waals surface area contributed by atoms with Crippen molar-refractivity contribution >= 4 is 16.6 Å². The highest BCUT2D eigenvalue weighted by atomic mass is 16.6. The second-order valence-corrected chi connectivity index (χ2v) is 3.10. The van der Waals surface area contributed by atoms with Crippen LogP contribution in [0.4, 0.5) is 5.69 Å². The number of hydrogen-bond acceptors (Lipinski definition) is 4. The van der Waals surface area contributed by atoms with Gasteiger partial charge in [0.05, 0.1) is 4.92 Å². The standard InChI is InChI=1S/C10H5N3O3/c11-6-7-5-10(13(15)16)8-3-1-2-4-9(8)12(7)14/h1-5H. The number of para-hydroxylation sites is 1. The monoisotopic (exact) mass is 215 g/mol. The molecule has 0 fully saturated rings. The van der Waals surface area contributed by atoms with Crippen LogP contribution in [0.15, 0.2) is 30.3 Å². The minimum Gasteiger partial charge on any atom is -0.617 e. The minimum atomic E-state index is -0.608. The zero-order valence-corrected chi connectivity index (χ0v) is 7.95. The summed E-state index contributed by atoms with van der Waals surface area (Å²) in [5.74, 6) is 0. The number of pyridine rings is 1. The number of hydrogen-bond donors (Lipinski definition) is 0. The molecule has 1 aromatic heterocycles. The Hall–Kier alpha value is -2.68. The fourth-order valence-electron chi connectivity index (χ4n) is 1.49. The number of nitrogens with zero attached hydrogens (tertiary/aromatic N) is 3. The number of aromatic nitrogens is 1. The van der Waals surface area contributed by atoms with Crippen LogP contribution in [-0.4, -0.2) is 4.92 Å². The molecular formula is C10H5N3O3. The zero-order valence-electron chi connectivity index (χ0n) is 7.95. The van der Waals surface area contributed by atoms with E-state index in [2.05, 4.69) is 0 Å². The molecular weight excluding hydrogens is 210 g/mol. The Balaban J connectivity index is 2.97. The normalized spacial score (nSPS) is 9.94. The fraction of sp³-hybridized carbons (Fsp3) is 0. The maximum atomic E-state index is 11.6. The van der Waals surface area contributed by atoms with Crippen molar-refractivity contribution in [1.29, 1.82) is 5.26 Å². The third-order valence-electron chi connectivity index (χ3n) is 2.20. The van der Waals surface area contributed by atoms with Crippen LogP contribution in [0.2, 0.25) is 0 Å². The maximum Gasteiger partial charge on any atom is 0.302 e. The molecule has 0 spiro atoms. The largest absolute Gasteiger partial charge is 0.617 e. The molecule has 0 saturated heterocycles. The molecule has 0 aliphatic heterocycles. The van der Waals surface area contributed by atoms with Gasteiger partial charge in [-0.15, -0.1) is 0 Å². The molecule has 0 radical (unpaired) electrons. The maximum absolute atomic E-state index is 11.6. The number of benzene rings is 1. The molecule has 6 nitrogen and oxygen atoms in total. The summed E-state index contributed by atoms with van der Waals surface area (Å²) in [6.45, 7) is 0. The first-order valence-electron chi connectivity index (χ1n) is 4.35. The van der Waals surface area contributed by atoms with Crippen molar-refractivity contribution < 1.29 is 9.65 Å². The summed E-state index contributed by atoms with van der Waals surface area (Å²) in [5.41, 5.74) is -0.405. The van der Waals surface area contributed by atoms with Crippen molar-refractivity contribution in [3.05, 3.63) is 51.3 Å². The summed E-state index contributed by atoms with van der Waals surface area (Å²) < 4.78 is 0.391. The van der Waals surface area contributed by atoms with Crippen LogP contribution in [-0.2, 0) is 0 Å². The Morgan fingerprint density at radius 1 is 1.38 bits per heavy atom. The number of rotatable bonds is 1. The number of nitro groups is 1. The van der Waals surface area contributed by atoms with Crippen LogP contribution in [0.25, 0.3) is 10.9 Å². The van der Waals surface area contributed by atoms with Crippen LogP contribution >= 0.6 is 0 Å². The van der Waals surface area contributed by atoms with Gasteiger partial charge in [-0.1, -0.05) is 12.1 Å². The van der Waals surface area contributed by atoms with E-state index in [0.717, 1.165) is 6.07 Å². The Labute approximate surface area is 89.7 Å².